The van der Waals surface area contributed by atoms with Gasteiger partial charge in [-0.05, 0) is 25.5 Å². The highest BCUT2D eigenvalue weighted by atomic mass is 16.3. The van der Waals surface area contributed by atoms with Crippen molar-refractivity contribution in [2.24, 2.45) is 0 Å². The Labute approximate surface area is 88.6 Å². The lowest BCUT2D eigenvalue weighted by Gasteiger charge is -2.08. The topological polar surface area (TPSA) is 50.9 Å². The lowest BCUT2D eigenvalue weighted by molar-refractivity contribution is 0.184. The number of imidazole rings is 1. The molecule has 0 radical (unpaired) electrons. The fourth-order valence-corrected chi connectivity index (χ4v) is 1.74. The van der Waals surface area contributed by atoms with Crippen molar-refractivity contribution >= 4 is 11.2 Å². The molecule has 0 spiro atoms. The minimum atomic E-state index is -0.550. The second kappa shape index (κ2) is 3.98. The van der Waals surface area contributed by atoms with Crippen LogP contribution in [0, 0.1) is 0 Å². The van der Waals surface area contributed by atoms with Gasteiger partial charge in [0.05, 0.1) is 0 Å². The normalized spacial score (nSPS) is 13.3. The van der Waals surface area contributed by atoms with Crippen LogP contribution in [0.5, 0.6) is 0 Å². The maximum absolute atomic E-state index is 9.62. The van der Waals surface area contributed by atoms with Crippen molar-refractivity contribution in [1.82, 2.24) is 14.5 Å². The van der Waals surface area contributed by atoms with Crippen molar-refractivity contribution in [3.8, 4) is 0 Å². The van der Waals surface area contributed by atoms with Crippen LogP contribution in [0.2, 0.25) is 0 Å². The quantitative estimate of drug-likeness (QED) is 0.832. The smallest absolute Gasteiger partial charge is 0.160 e. The number of fused-ring (bicyclic) bond motifs is 1. The highest BCUT2D eigenvalue weighted by Crippen LogP contribution is 2.18. The summed E-state index contributed by atoms with van der Waals surface area (Å²) in [5, 5.41) is 9.62. The summed E-state index contributed by atoms with van der Waals surface area (Å²) in [6.07, 6.45) is 2.20. The number of aliphatic hydroxyl groups excluding tert-OH is 1. The molecular weight excluding hydrogens is 190 g/mol. The average Bonchev–Trinajstić information content (AvgIpc) is 2.58. The third-order valence-corrected chi connectivity index (χ3v) is 2.35. The van der Waals surface area contributed by atoms with Crippen LogP contribution >= 0.6 is 0 Å². The molecule has 0 aliphatic rings. The Balaban J connectivity index is 2.63. The first-order valence-electron chi connectivity index (χ1n) is 5.23. The van der Waals surface area contributed by atoms with Gasteiger partial charge < -0.3 is 9.67 Å². The van der Waals surface area contributed by atoms with Crippen LogP contribution < -0.4 is 0 Å². The van der Waals surface area contributed by atoms with Gasteiger partial charge in [-0.3, -0.25) is 0 Å². The van der Waals surface area contributed by atoms with Crippen molar-refractivity contribution in [2.45, 2.75) is 32.9 Å². The van der Waals surface area contributed by atoms with E-state index in [9.17, 15) is 5.11 Å². The molecule has 0 saturated carbocycles. The Morgan fingerprint density at radius 3 is 3.00 bits per heavy atom. The highest BCUT2D eigenvalue weighted by molar-refractivity contribution is 5.71. The molecule has 0 saturated heterocycles. The molecule has 1 atom stereocenters. The predicted octanol–water partition coefficient (Wildman–Crippen LogP) is 1.89. The second-order valence-corrected chi connectivity index (χ2v) is 3.64. The van der Waals surface area contributed by atoms with Crippen LogP contribution in [0.3, 0.4) is 0 Å². The summed E-state index contributed by atoms with van der Waals surface area (Å²) in [6.45, 7) is 4.67. The Morgan fingerprint density at radius 1 is 1.53 bits per heavy atom. The second-order valence-electron chi connectivity index (χ2n) is 3.64. The molecule has 4 nitrogen and oxygen atoms in total. The van der Waals surface area contributed by atoms with E-state index in [0.29, 0.717) is 5.82 Å². The maximum atomic E-state index is 9.62. The van der Waals surface area contributed by atoms with Gasteiger partial charge in [-0.1, -0.05) is 6.92 Å². The van der Waals surface area contributed by atoms with Crippen molar-refractivity contribution < 1.29 is 5.11 Å². The fourth-order valence-electron chi connectivity index (χ4n) is 1.74. The maximum Gasteiger partial charge on any atom is 0.160 e. The molecule has 1 N–H and O–H groups in total. The largest absolute Gasteiger partial charge is 0.385 e. The number of pyridine rings is 1. The molecule has 0 bridgehead atoms. The Hall–Kier alpha value is -1.42. The molecule has 2 rings (SSSR count). The minimum absolute atomic E-state index is 0.550. The number of hydrogen-bond donors (Lipinski definition) is 1. The van der Waals surface area contributed by atoms with E-state index in [1.54, 1.807) is 13.1 Å². The van der Waals surface area contributed by atoms with Crippen molar-refractivity contribution in [1.29, 1.82) is 0 Å². The molecule has 0 aliphatic carbocycles. The van der Waals surface area contributed by atoms with Crippen LogP contribution in [0.25, 0.3) is 11.2 Å². The van der Waals surface area contributed by atoms with Crippen LogP contribution in [0.1, 0.15) is 32.2 Å². The number of aryl methyl sites for hydroxylation is 1. The van der Waals surface area contributed by atoms with Crippen molar-refractivity contribution in [3.63, 3.8) is 0 Å². The summed E-state index contributed by atoms with van der Waals surface area (Å²) >= 11 is 0. The van der Waals surface area contributed by atoms with Gasteiger partial charge in [-0.15, -0.1) is 0 Å². The van der Waals surface area contributed by atoms with E-state index in [2.05, 4.69) is 16.9 Å². The van der Waals surface area contributed by atoms with Crippen molar-refractivity contribution in [2.75, 3.05) is 0 Å². The number of nitrogens with zero attached hydrogens (tertiary/aromatic N) is 3. The van der Waals surface area contributed by atoms with Gasteiger partial charge in [0, 0.05) is 12.7 Å². The van der Waals surface area contributed by atoms with E-state index in [1.807, 2.05) is 16.7 Å². The molecule has 2 aromatic heterocycles. The Bertz CT molecular complexity index is 462. The Kier molecular flexibility index (Phi) is 2.68. The number of aliphatic hydroxyl groups is 1. The van der Waals surface area contributed by atoms with Gasteiger partial charge >= 0.3 is 0 Å². The first kappa shape index (κ1) is 10.1. The molecule has 80 valence electrons. The number of rotatable bonds is 3. The zero-order chi connectivity index (χ0) is 10.8. The van der Waals surface area contributed by atoms with Gasteiger partial charge in [0.25, 0.3) is 0 Å². The first-order chi connectivity index (χ1) is 7.24. The third kappa shape index (κ3) is 1.72. The number of hydrogen-bond acceptors (Lipinski definition) is 3. The molecule has 2 heterocycles. The highest BCUT2D eigenvalue weighted by Gasteiger charge is 2.14. The fraction of sp³-hybridized carbons (Fsp3) is 0.455. The van der Waals surface area contributed by atoms with Gasteiger partial charge in [0.2, 0.25) is 0 Å². The summed E-state index contributed by atoms with van der Waals surface area (Å²) in [7, 11) is 0. The van der Waals surface area contributed by atoms with E-state index in [0.717, 1.165) is 24.1 Å². The summed E-state index contributed by atoms with van der Waals surface area (Å²) in [6, 6.07) is 3.78. The summed E-state index contributed by atoms with van der Waals surface area (Å²) in [4.78, 5) is 8.67. The number of aromatic nitrogens is 3. The third-order valence-electron chi connectivity index (χ3n) is 2.35. The molecule has 1 unspecified atom stereocenters. The SMILES string of the molecule is CCCn1c(C(C)O)nc2cccnc21. The van der Waals surface area contributed by atoms with E-state index in [4.69, 9.17) is 0 Å². The molecule has 0 aromatic carbocycles. The summed E-state index contributed by atoms with van der Waals surface area (Å²) in [5.74, 6) is 0.700. The monoisotopic (exact) mass is 205 g/mol. The van der Waals surface area contributed by atoms with Crippen LogP contribution in [-0.2, 0) is 6.54 Å². The summed E-state index contributed by atoms with van der Waals surface area (Å²) < 4.78 is 1.99. The molecule has 4 heteroatoms. The predicted molar refractivity (Wildman–Crippen MR) is 58.5 cm³/mol. The van der Waals surface area contributed by atoms with Gasteiger partial charge in [0.15, 0.2) is 5.65 Å². The van der Waals surface area contributed by atoms with Gasteiger partial charge in [0.1, 0.15) is 17.4 Å². The molecule has 15 heavy (non-hydrogen) atoms. The van der Waals surface area contributed by atoms with Crippen molar-refractivity contribution in [3.05, 3.63) is 24.2 Å². The molecule has 2 aromatic rings. The first-order valence-corrected chi connectivity index (χ1v) is 5.23. The lowest BCUT2D eigenvalue weighted by atomic mass is 10.3. The van der Waals surface area contributed by atoms with E-state index in [-0.39, 0.29) is 0 Å². The van der Waals surface area contributed by atoms with Gasteiger partial charge in [-0.2, -0.15) is 0 Å². The molecular formula is C11H15N3O. The van der Waals surface area contributed by atoms with Crippen LogP contribution in [-0.4, -0.2) is 19.6 Å². The molecule has 0 amide bonds. The van der Waals surface area contributed by atoms with E-state index >= 15 is 0 Å². The lowest BCUT2D eigenvalue weighted by Crippen LogP contribution is -2.06. The zero-order valence-electron chi connectivity index (χ0n) is 9.01. The van der Waals surface area contributed by atoms with Gasteiger partial charge in [-0.25, -0.2) is 9.97 Å². The zero-order valence-corrected chi connectivity index (χ0v) is 9.01. The average molecular weight is 205 g/mol. The Morgan fingerprint density at radius 2 is 2.33 bits per heavy atom. The standard InChI is InChI=1S/C11H15N3O/c1-3-7-14-10(8(2)15)13-9-5-4-6-12-11(9)14/h4-6,8,15H,3,7H2,1-2H3. The van der Waals surface area contributed by atoms with Crippen LogP contribution in [0.15, 0.2) is 18.3 Å². The minimum Gasteiger partial charge on any atom is -0.385 e. The van der Waals surface area contributed by atoms with E-state index < -0.39 is 6.10 Å². The molecule has 0 fully saturated rings. The van der Waals surface area contributed by atoms with Crippen LogP contribution in [0.4, 0.5) is 0 Å². The summed E-state index contributed by atoms with van der Waals surface area (Å²) in [5.41, 5.74) is 1.71. The van der Waals surface area contributed by atoms with E-state index in [1.165, 1.54) is 0 Å². The molecule has 0 aliphatic heterocycles.